The van der Waals surface area contributed by atoms with Crippen molar-refractivity contribution < 1.29 is 13.5 Å². The van der Waals surface area contributed by atoms with Gasteiger partial charge in [0.15, 0.2) is 4.77 Å². The standard InChI is InChI=1S/C14H9BrF2N2OS/c1-20-13-4-7(16)2-3-11(13)19-12-6-9(17)8(15)5-10(12)18-14(19)21/h2-6H,1H3,(H,18,21). The van der Waals surface area contributed by atoms with Crippen LogP contribution < -0.4 is 4.74 Å². The first-order valence-corrected chi connectivity index (χ1v) is 7.15. The molecule has 3 nitrogen and oxygen atoms in total. The molecule has 0 amide bonds. The molecule has 0 radical (unpaired) electrons. The largest absolute Gasteiger partial charge is 0.494 e. The molecule has 3 aromatic rings. The third-order valence-electron chi connectivity index (χ3n) is 3.11. The molecule has 1 aromatic heterocycles. The maximum absolute atomic E-state index is 13.8. The Labute approximate surface area is 132 Å². The van der Waals surface area contributed by atoms with Crippen LogP contribution in [0.1, 0.15) is 0 Å². The summed E-state index contributed by atoms with van der Waals surface area (Å²) in [6.07, 6.45) is 0. The summed E-state index contributed by atoms with van der Waals surface area (Å²) in [6, 6.07) is 7.05. The van der Waals surface area contributed by atoms with Crippen molar-refractivity contribution in [3.63, 3.8) is 0 Å². The number of hydrogen-bond donors (Lipinski definition) is 1. The van der Waals surface area contributed by atoms with Crippen LogP contribution in [-0.4, -0.2) is 16.7 Å². The van der Waals surface area contributed by atoms with E-state index in [-0.39, 0.29) is 0 Å². The minimum atomic E-state index is -0.420. The SMILES string of the molecule is COc1cc(F)ccc1-n1c(=S)[nH]c2cc(Br)c(F)cc21. The summed E-state index contributed by atoms with van der Waals surface area (Å²) in [7, 11) is 1.44. The summed E-state index contributed by atoms with van der Waals surface area (Å²) in [4.78, 5) is 2.99. The summed E-state index contributed by atoms with van der Waals surface area (Å²) in [5.41, 5.74) is 1.75. The molecule has 1 heterocycles. The van der Waals surface area contributed by atoms with E-state index in [1.807, 2.05) is 0 Å². The lowest BCUT2D eigenvalue weighted by molar-refractivity contribution is 0.409. The Morgan fingerprint density at radius 2 is 2.00 bits per heavy atom. The Hall–Kier alpha value is -1.73. The Bertz CT molecular complexity index is 904. The Balaban J connectivity index is 2.38. The Morgan fingerprint density at radius 1 is 1.24 bits per heavy atom. The average Bonchev–Trinajstić information content (AvgIpc) is 2.75. The Kier molecular flexibility index (Phi) is 3.54. The number of nitrogens with zero attached hydrogens (tertiary/aromatic N) is 1. The van der Waals surface area contributed by atoms with Gasteiger partial charge in [0.1, 0.15) is 17.4 Å². The molecule has 0 bridgehead atoms. The molecule has 0 aliphatic rings. The Morgan fingerprint density at radius 3 is 2.71 bits per heavy atom. The van der Waals surface area contributed by atoms with E-state index in [1.165, 1.54) is 31.4 Å². The van der Waals surface area contributed by atoms with Gasteiger partial charge in [-0.3, -0.25) is 4.57 Å². The highest BCUT2D eigenvalue weighted by atomic mass is 79.9. The molecule has 0 spiro atoms. The van der Waals surface area contributed by atoms with Gasteiger partial charge in [-0.15, -0.1) is 0 Å². The summed E-state index contributed by atoms with van der Waals surface area (Å²) < 4.78 is 34.6. The summed E-state index contributed by atoms with van der Waals surface area (Å²) >= 11 is 8.41. The van der Waals surface area contributed by atoms with Crippen LogP contribution in [-0.2, 0) is 0 Å². The number of fused-ring (bicyclic) bond motifs is 1. The fourth-order valence-corrected chi connectivity index (χ4v) is 2.83. The average molecular weight is 371 g/mol. The zero-order chi connectivity index (χ0) is 15.1. The zero-order valence-electron chi connectivity index (χ0n) is 10.8. The molecule has 1 N–H and O–H groups in total. The van der Waals surface area contributed by atoms with Gasteiger partial charge in [-0.05, 0) is 46.3 Å². The van der Waals surface area contributed by atoms with Crippen LogP contribution in [0.3, 0.4) is 0 Å². The minimum Gasteiger partial charge on any atom is -0.494 e. The molecule has 0 unspecified atom stereocenters. The van der Waals surface area contributed by atoms with Gasteiger partial charge in [0.05, 0.1) is 28.3 Å². The molecule has 0 aliphatic heterocycles. The number of hydrogen-bond acceptors (Lipinski definition) is 2. The lowest BCUT2D eigenvalue weighted by Gasteiger charge is -2.10. The van der Waals surface area contributed by atoms with Crippen molar-refractivity contribution in [1.29, 1.82) is 0 Å². The van der Waals surface area contributed by atoms with Crippen LogP contribution >= 0.6 is 28.1 Å². The van der Waals surface area contributed by atoms with Crippen molar-refractivity contribution in [3.05, 3.63) is 51.2 Å². The number of halogens is 3. The van der Waals surface area contributed by atoms with Crippen molar-refractivity contribution in [2.45, 2.75) is 0 Å². The zero-order valence-corrected chi connectivity index (χ0v) is 13.2. The second kappa shape index (κ2) is 5.23. The van der Waals surface area contributed by atoms with Crippen molar-refractivity contribution in [2.75, 3.05) is 7.11 Å². The quantitative estimate of drug-likeness (QED) is 0.660. The van der Waals surface area contributed by atoms with Gasteiger partial charge in [0, 0.05) is 12.1 Å². The highest BCUT2D eigenvalue weighted by Gasteiger charge is 2.14. The number of methoxy groups -OCH3 is 1. The van der Waals surface area contributed by atoms with Crippen LogP contribution in [0.15, 0.2) is 34.8 Å². The van der Waals surface area contributed by atoms with Gasteiger partial charge in [0.2, 0.25) is 0 Å². The number of nitrogens with one attached hydrogen (secondary N) is 1. The van der Waals surface area contributed by atoms with Crippen molar-refractivity contribution >= 4 is 39.2 Å². The van der Waals surface area contributed by atoms with E-state index >= 15 is 0 Å². The van der Waals surface area contributed by atoms with E-state index < -0.39 is 11.6 Å². The molecule has 0 saturated heterocycles. The number of rotatable bonds is 2. The van der Waals surface area contributed by atoms with Gasteiger partial charge in [0.25, 0.3) is 0 Å². The third-order valence-corrected chi connectivity index (χ3v) is 4.00. The van der Waals surface area contributed by atoms with Gasteiger partial charge < -0.3 is 9.72 Å². The first-order chi connectivity index (χ1) is 10.0. The monoisotopic (exact) mass is 370 g/mol. The van der Waals surface area contributed by atoms with E-state index in [9.17, 15) is 8.78 Å². The molecular formula is C14H9BrF2N2OS. The van der Waals surface area contributed by atoms with E-state index in [0.717, 1.165) is 0 Å². The highest BCUT2D eigenvalue weighted by molar-refractivity contribution is 9.10. The molecular weight excluding hydrogens is 362 g/mol. The van der Waals surface area contributed by atoms with Crippen LogP contribution in [0.25, 0.3) is 16.7 Å². The maximum Gasteiger partial charge on any atom is 0.182 e. The molecule has 3 rings (SSSR count). The summed E-state index contributed by atoms with van der Waals surface area (Å²) in [5.74, 6) is -0.516. The molecule has 108 valence electrons. The highest BCUT2D eigenvalue weighted by Crippen LogP contribution is 2.30. The predicted octanol–water partition coefficient (Wildman–Crippen LogP) is 4.74. The van der Waals surface area contributed by atoms with Gasteiger partial charge >= 0.3 is 0 Å². The lowest BCUT2D eigenvalue weighted by Crippen LogP contribution is -1.99. The summed E-state index contributed by atoms with van der Waals surface area (Å²) in [6.45, 7) is 0. The number of ether oxygens (including phenoxy) is 1. The number of benzene rings is 2. The normalized spacial score (nSPS) is 11.0. The third kappa shape index (κ3) is 2.36. The van der Waals surface area contributed by atoms with Gasteiger partial charge in [-0.1, -0.05) is 0 Å². The fraction of sp³-hybridized carbons (Fsp3) is 0.0714. The van der Waals surface area contributed by atoms with Crippen molar-refractivity contribution in [1.82, 2.24) is 9.55 Å². The number of aromatic nitrogens is 2. The smallest absolute Gasteiger partial charge is 0.182 e. The second-order valence-electron chi connectivity index (χ2n) is 4.37. The topological polar surface area (TPSA) is 29.9 Å². The number of imidazole rings is 1. The molecule has 0 saturated carbocycles. The molecule has 0 fully saturated rings. The van der Waals surface area contributed by atoms with Crippen LogP contribution in [0, 0.1) is 16.4 Å². The van der Waals surface area contributed by atoms with E-state index in [0.29, 0.717) is 31.7 Å². The molecule has 0 aliphatic carbocycles. The van der Waals surface area contributed by atoms with E-state index in [2.05, 4.69) is 20.9 Å². The van der Waals surface area contributed by atoms with Crippen molar-refractivity contribution in [3.8, 4) is 11.4 Å². The summed E-state index contributed by atoms with van der Waals surface area (Å²) in [5, 5.41) is 0. The van der Waals surface area contributed by atoms with Gasteiger partial charge in [-0.2, -0.15) is 0 Å². The first-order valence-electron chi connectivity index (χ1n) is 5.95. The van der Waals surface area contributed by atoms with Crippen LogP contribution in [0.5, 0.6) is 5.75 Å². The van der Waals surface area contributed by atoms with Gasteiger partial charge in [-0.25, -0.2) is 8.78 Å². The molecule has 21 heavy (non-hydrogen) atoms. The lowest BCUT2D eigenvalue weighted by atomic mass is 10.2. The molecule has 0 atom stereocenters. The van der Waals surface area contributed by atoms with Crippen molar-refractivity contribution in [2.24, 2.45) is 0 Å². The second-order valence-corrected chi connectivity index (χ2v) is 5.61. The van der Waals surface area contributed by atoms with Crippen LogP contribution in [0.4, 0.5) is 8.78 Å². The molecule has 7 heteroatoms. The number of aromatic amines is 1. The van der Waals surface area contributed by atoms with Crippen LogP contribution in [0.2, 0.25) is 0 Å². The van der Waals surface area contributed by atoms with E-state index in [4.69, 9.17) is 17.0 Å². The fourth-order valence-electron chi connectivity index (χ4n) is 2.18. The predicted molar refractivity (Wildman–Crippen MR) is 82.6 cm³/mol. The molecule has 2 aromatic carbocycles. The van der Waals surface area contributed by atoms with E-state index in [1.54, 1.807) is 10.6 Å². The first kappa shape index (κ1) is 14.2. The maximum atomic E-state index is 13.8. The minimum absolute atomic E-state index is 0.315. The number of H-pyrrole nitrogens is 1.